The van der Waals surface area contributed by atoms with E-state index in [-0.39, 0.29) is 0 Å². The van der Waals surface area contributed by atoms with Crippen molar-refractivity contribution >= 4 is 0 Å². The Morgan fingerprint density at radius 1 is 0.265 bits per heavy atom. The lowest BCUT2D eigenvalue weighted by Crippen LogP contribution is -2.67. The van der Waals surface area contributed by atoms with Crippen LogP contribution in [0.4, 0.5) is 0 Å². The molecule has 5 nitrogen and oxygen atoms in total. The lowest BCUT2D eigenvalue weighted by molar-refractivity contribution is -0.510. The Hall–Kier alpha value is -4.88. The third kappa shape index (κ3) is 5.50. The molecule has 5 heteroatoms. The first kappa shape index (κ1) is 34.0. The molecule has 0 radical (unpaired) electrons. The molecule has 0 saturated carbocycles. The molecule has 0 amide bonds. The van der Waals surface area contributed by atoms with Crippen LogP contribution in [0.1, 0.15) is 33.4 Å². The van der Waals surface area contributed by atoms with Crippen molar-refractivity contribution in [2.45, 2.75) is 22.8 Å². The highest BCUT2D eigenvalue weighted by atomic mass is 17.0. The van der Waals surface area contributed by atoms with Crippen LogP contribution >= 0.6 is 0 Å². The summed E-state index contributed by atoms with van der Waals surface area (Å²) in [5.74, 6) is -3.82. The minimum atomic E-state index is -1.91. The molecule has 248 valence electrons. The van der Waals surface area contributed by atoms with Crippen LogP contribution in [-0.2, 0) is 34.5 Å². The fourth-order valence-corrected chi connectivity index (χ4v) is 7.47. The number of methoxy groups -OCH3 is 4. The van der Waals surface area contributed by atoms with Crippen LogP contribution in [0.5, 0.6) is 0 Å². The average Bonchev–Trinajstić information content (AvgIpc) is 3.20. The van der Waals surface area contributed by atoms with Gasteiger partial charge in [-0.05, 0) is 33.4 Å². The van der Waals surface area contributed by atoms with Crippen molar-refractivity contribution in [3.05, 3.63) is 215 Å². The van der Waals surface area contributed by atoms with E-state index in [1.54, 1.807) is 28.4 Å². The van der Waals surface area contributed by atoms with E-state index in [9.17, 15) is 0 Å². The zero-order valence-electron chi connectivity index (χ0n) is 28.4. The molecule has 0 fully saturated rings. The lowest BCUT2D eigenvalue weighted by Gasteiger charge is -2.55. The van der Waals surface area contributed by atoms with Crippen LogP contribution in [0, 0.1) is 0 Å². The molecule has 0 atom stereocenters. The highest BCUT2D eigenvalue weighted by Gasteiger charge is 2.67. The summed E-state index contributed by atoms with van der Waals surface area (Å²) in [6.07, 6.45) is 0. The van der Waals surface area contributed by atoms with Crippen molar-refractivity contribution in [1.29, 1.82) is 0 Å². The predicted octanol–water partition coefficient (Wildman–Crippen LogP) is 8.97. The molecule has 0 bridgehead atoms. The van der Waals surface area contributed by atoms with Gasteiger partial charge in [-0.2, -0.15) is 0 Å². The Balaban J connectivity index is 1.77. The normalized spacial score (nSPS) is 12.5. The summed E-state index contributed by atoms with van der Waals surface area (Å²) in [6.45, 7) is 0. The van der Waals surface area contributed by atoms with Crippen molar-refractivity contribution in [2.75, 3.05) is 28.4 Å². The second-order valence-corrected chi connectivity index (χ2v) is 11.7. The smallest absolute Gasteiger partial charge is 0.305 e. The molecule has 49 heavy (non-hydrogen) atoms. The fourth-order valence-electron chi connectivity index (χ4n) is 7.47. The SMILES string of the molecule is COC(OC)(OC(OC)(OC)C(c1ccccc1)(c1ccccc1)c1ccccc1)C(c1ccccc1)(c1ccccc1)c1ccccc1. The summed E-state index contributed by atoms with van der Waals surface area (Å²) in [5, 5.41) is 0. The highest BCUT2D eigenvalue weighted by molar-refractivity contribution is 5.55. The second kappa shape index (κ2) is 14.7. The van der Waals surface area contributed by atoms with Crippen LogP contribution in [0.25, 0.3) is 0 Å². The molecule has 0 aliphatic heterocycles. The van der Waals surface area contributed by atoms with Gasteiger partial charge < -0.3 is 18.9 Å². The Morgan fingerprint density at radius 3 is 0.571 bits per heavy atom. The van der Waals surface area contributed by atoms with E-state index in [2.05, 4.69) is 72.8 Å². The van der Waals surface area contributed by atoms with E-state index in [1.807, 2.05) is 109 Å². The number of benzene rings is 6. The Bertz CT molecular complexity index is 1520. The Labute approximate surface area is 289 Å². The molecule has 0 aliphatic rings. The van der Waals surface area contributed by atoms with E-state index >= 15 is 0 Å². The molecule has 0 N–H and O–H groups in total. The zero-order valence-corrected chi connectivity index (χ0v) is 28.4. The molecule has 0 heterocycles. The highest BCUT2D eigenvalue weighted by Crippen LogP contribution is 2.57. The summed E-state index contributed by atoms with van der Waals surface area (Å²) in [5.41, 5.74) is 2.81. The van der Waals surface area contributed by atoms with Crippen molar-refractivity contribution in [2.24, 2.45) is 0 Å². The summed E-state index contributed by atoms with van der Waals surface area (Å²) in [6, 6.07) is 60.8. The van der Waals surface area contributed by atoms with Gasteiger partial charge in [0, 0.05) is 28.4 Å². The molecule has 0 saturated heterocycles. The largest absolute Gasteiger partial charge is 0.329 e. The van der Waals surface area contributed by atoms with Gasteiger partial charge in [-0.25, -0.2) is 0 Å². The summed E-state index contributed by atoms with van der Waals surface area (Å²) in [4.78, 5) is 0. The van der Waals surface area contributed by atoms with Crippen LogP contribution in [0.2, 0.25) is 0 Å². The topological polar surface area (TPSA) is 46.2 Å². The van der Waals surface area contributed by atoms with Gasteiger partial charge in [0.15, 0.2) is 0 Å². The molecule has 0 unspecified atom stereocenters. The number of hydrogen-bond donors (Lipinski definition) is 0. The zero-order chi connectivity index (χ0) is 34.2. The van der Waals surface area contributed by atoms with Crippen LogP contribution in [0.15, 0.2) is 182 Å². The van der Waals surface area contributed by atoms with Crippen LogP contribution in [-0.4, -0.2) is 40.4 Å². The van der Waals surface area contributed by atoms with Crippen molar-refractivity contribution in [3.8, 4) is 0 Å². The third-order valence-electron chi connectivity index (χ3n) is 9.50. The quantitative estimate of drug-likeness (QED) is 0.0870. The van der Waals surface area contributed by atoms with Gasteiger partial charge in [-0.15, -0.1) is 0 Å². The van der Waals surface area contributed by atoms with E-state index in [0.717, 1.165) is 33.4 Å². The van der Waals surface area contributed by atoms with E-state index in [1.165, 1.54) is 0 Å². The average molecular weight is 651 g/mol. The first-order chi connectivity index (χ1) is 24.1. The minimum Gasteiger partial charge on any atom is -0.329 e. The molecular formula is C44H42O5. The number of ether oxygens (including phenoxy) is 5. The maximum atomic E-state index is 7.59. The Kier molecular flexibility index (Phi) is 10.2. The third-order valence-corrected chi connectivity index (χ3v) is 9.50. The van der Waals surface area contributed by atoms with Crippen molar-refractivity contribution in [1.82, 2.24) is 0 Å². The summed E-state index contributed by atoms with van der Waals surface area (Å²) >= 11 is 0. The van der Waals surface area contributed by atoms with Crippen molar-refractivity contribution in [3.63, 3.8) is 0 Å². The van der Waals surface area contributed by atoms with Crippen LogP contribution in [0.3, 0.4) is 0 Å². The molecule has 6 rings (SSSR count). The van der Waals surface area contributed by atoms with Crippen molar-refractivity contribution < 1.29 is 23.7 Å². The van der Waals surface area contributed by atoms with Gasteiger partial charge in [-0.3, -0.25) is 4.74 Å². The minimum absolute atomic E-state index is 0.877. The molecule has 6 aromatic carbocycles. The Morgan fingerprint density at radius 2 is 0.429 bits per heavy atom. The standard InChI is InChI=1S/C44H42O5/c1-45-43(46-2,41(35-23-11-5-12-24-35,36-25-13-6-14-26-36)37-27-15-7-16-28-37)49-44(47-3,48-4)42(38-29-17-8-18-30-38,39-31-19-9-20-32-39)40-33-21-10-22-34-40/h5-34H,1-4H3. The maximum Gasteiger partial charge on any atom is 0.305 e. The van der Waals surface area contributed by atoms with Gasteiger partial charge in [0.05, 0.1) is 0 Å². The van der Waals surface area contributed by atoms with E-state index in [0.29, 0.717) is 0 Å². The monoisotopic (exact) mass is 650 g/mol. The van der Waals surface area contributed by atoms with Crippen LogP contribution < -0.4 is 0 Å². The number of hydrogen-bond acceptors (Lipinski definition) is 5. The molecule has 0 aromatic heterocycles. The molecule has 0 spiro atoms. The molecule has 6 aromatic rings. The molecule has 0 aliphatic carbocycles. The second-order valence-electron chi connectivity index (χ2n) is 11.7. The van der Waals surface area contributed by atoms with Gasteiger partial charge >= 0.3 is 11.9 Å². The van der Waals surface area contributed by atoms with Gasteiger partial charge in [0.2, 0.25) is 0 Å². The summed E-state index contributed by atoms with van der Waals surface area (Å²) in [7, 11) is 6.38. The first-order valence-electron chi connectivity index (χ1n) is 16.3. The van der Waals surface area contributed by atoms with Gasteiger partial charge in [-0.1, -0.05) is 182 Å². The van der Waals surface area contributed by atoms with E-state index < -0.39 is 22.8 Å². The molecular weight excluding hydrogens is 608 g/mol. The number of rotatable bonds is 14. The first-order valence-corrected chi connectivity index (χ1v) is 16.3. The summed E-state index contributed by atoms with van der Waals surface area (Å²) < 4.78 is 34.3. The fraction of sp³-hybridized carbons (Fsp3) is 0.182. The predicted molar refractivity (Wildman–Crippen MR) is 193 cm³/mol. The van der Waals surface area contributed by atoms with Gasteiger partial charge in [0.1, 0.15) is 10.8 Å². The van der Waals surface area contributed by atoms with Gasteiger partial charge in [0.25, 0.3) is 0 Å². The maximum absolute atomic E-state index is 7.59. The lowest BCUT2D eigenvalue weighted by atomic mass is 9.65. The van der Waals surface area contributed by atoms with E-state index in [4.69, 9.17) is 23.7 Å².